The van der Waals surface area contributed by atoms with Crippen LogP contribution in [0.3, 0.4) is 0 Å². The number of ether oxygens (including phenoxy) is 1. The molecule has 2 aliphatic rings. The fourth-order valence-corrected chi connectivity index (χ4v) is 7.08. The Kier molecular flexibility index (Phi) is 7.83. The van der Waals surface area contributed by atoms with Crippen molar-refractivity contribution in [3.8, 4) is 6.07 Å². The summed E-state index contributed by atoms with van der Waals surface area (Å²) in [7, 11) is 0. The number of hydrogen-bond acceptors (Lipinski definition) is 13. The van der Waals surface area contributed by atoms with Gasteiger partial charge in [-0.25, -0.2) is 24.3 Å². The first kappa shape index (κ1) is 29.5. The minimum absolute atomic E-state index is 0.0359. The molecule has 4 aromatic rings. The number of aryl methyl sites for hydroxylation is 1. The molecule has 0 spiro atoms. The molecule has 0 saturated carbocycles. The van der Waals surface area contributed by atoms with E-state index in [0.717, 1.165) is 0 Å². The van der Waals surface area contributed by atoms with Crippen molar-refractivity contribution in [2.75, 3.05) is 13.2 Å². The van der Waals surface area contributed by atoms with E-state index in [4.69, 9.17) is 46.4 Å². The number of hydrogen-bond donors (Lipinski definition) is 3. The van der Waals surface area contributed by atoms with Gasteiger partial charge in [-0.3, -0.25) is 13.9 Å². The van der Waals surface area contributed by atoms with Crippen molar-refractivity contribution in [3.05, 3.63) is 46.2 Å². The molecule has 2 bridgehead atoms. The Bertz CT molecular complexity index is 1900. The van der Waals surface area contributed by atoms with E-state index in [2.05, 4.69) is 24.9 Å². The second-order valence-electron chi connectivity index (χ2n) is 9.25. The minimum Gasteiger partial charge on any atom is -0.346 e. The summed E-state index contributed by atoms with van der Waals surface area (Å²) in [4.78, 5) is 53.6. The van der Waals surface area contributed by atoms with Gasteiger partial charge >= 0.3 is 13.4 Å². The van der Waals surface area contributed by atoms with Crippen molar-refractivity contribution >= 4 is 59.4 Å². The zero-order chi connectivity index (χ0) is 29.8. The van der Waals surface area contributed by atoms with Gasteiger partial charge in [0, 0.05) is 12.7 Å². The number of H-pyrrole nitrogens is 1. The van der Waals surface area contributed by atoms with Crippen LogP contribution in [0.15, 0.2) is 23.4 Å². The molecule has 1 saturated heterocycles. The molecule has 21 heteroatoms. The summed E-state index contributed by atoms with van der Waals surface area (Å²) in [6.45, 7) is -7.53. The Morgan fingerprint density at radius 1 is 1.19 bits per heavy atom. The molecule has 0 radical (unpaired) electrons. The van der Waals surface area contributed by atoms with Crippen LogP contribution in [0.2, 0.25) is 0 Å². The van der Waals surface area contributed by atoms with E-state index in [9.17, 15) is 19.8 Å². The first-order chi connectivity index (χ1) is 19.9. The average molecular weight is 659 g/mol. The molecule has 0 aliphatic carbocycles. The zero-order valence-electron chi connectivity index (χ0n) is 21.4. The molecular formula is C21H21FN8O8P2S2. The maximum Gasteiger partial charge on any atom is 0.325 e. The van der Waals surface area contributed by atoms with Gasteiger partial charge in [-0.2, -0.15) is 5.26 Å². The van der Waals surface area contributed by atoms with Crippen LogP contribution < -0.4 is 5.56 Å². The number of alkyl halides is 1. The van der Waals surface area contributed by atoms with Crippen LogP contribution in [-0.2, 0) is 59.6 Å². The van der Waals surface area contributed by atoms with Gasteiger partial charge in [-0.15, -0.1) is 0 Å². The molecule has 0 amide bonds. The molecular weight excluding hydrogens is 637 g/mol. The molecule has 16 nitrogen and oxygen atoms in total. The lowest BCUT2D eigenvalue weighted by Gasteiger charge is -2.25. The van der Waals surface area contributed by atoms with Crippen molar-refractivity contribution in [2.24, 2.45) is 0 Å². The third kappa shape index (κ3) is 5.68. The minimum atomic E-state index is -4.19. The molecule has 42 heavy (non-hydrogen) atoms. The van der Waals surface area contributed by atoms with E-state index in [-0.39, 0.29) is 41.5 Å². The molecule has 4 aromatic heterocycles. The number of halogens is 1. The van der Waals surface area contributed by atoms with Crippen LogP contribution in [0.5, 0.6) is 0 Å². The first-order valence-electron chi connectivity index (χ1n) is 12.2. The monoisotopic (exact) mass is 658 g/mol. The molecule has 6 atom stereocenters. The van der Waals surface area contributed by atoms with Gasteiger partial charge in [0.1, 0.15) is 42.0 Å². The third-order valence-corrected chi connectivity index (χ3v) is 9.62. The van der Waals surface area contributed by atoms with Crippen LogP contribution in [0.25, 0.3) is 22.3 Å². The number of rotatable bonds is 1. The van der Waals surface area contributed by atoms with Crippen LogP contribution in [-0.4, -0.2) is 75.4 Å². The zero-order valence-corrected chi connectivity index (χ0v) is 24.9. The fraction of sp³-hybridized carbons (Fsp3) is 0.429. The lowest BCUT2D eigenvalue weighted by molar-refractivity contribution is -0.0465. The molecule has 2 unspecified atom stereocenters. The van der Waals surface area contributed by atoms with E-state index >= 15 is 4.39 Å². The highest BCUT2D eigenvalue weighted by Crippen LogP contribution is 2.52. The van der Waals surface area contributed by atoms with Gasteiger partial charge in [-0.05, 0) is 36.6 Å². The molecule has 3 N–H and O–H groups in total. The predicted molar refractivity (Wildman–Crippen MR) is 149 cm³/mol. The summed E-state index contributed by atoms with van der Waals surface area (Å²) in [6.07, 6.45) is -3.70. The SMILES string of the molecule is Cc1nc2c(ncn2[C@@H]2O[C@@H]3COP(O)(=S)OCCn4c(nc5cc(C#N)cnc54)COP(O)(=S)O[C@@H]2[C@@H]3F)c(=O)[nH]1. The summed E-state index contributed by atoms with van der Waals surface area (Å²) in [6, 6.07) is 3.49. The lowest BCUT2D eigenvalue weighted by atomic mass is 10.1. The number of aromatic amines is 1. The average Bonchev–Trinajstić information content (AvgIpc) is 3.59. The number of aromatic nitrogens is 7. The van der Waals surface area contributed by atoms with Gasteiger partial charge in [0.25, 0.3) is 5.56 Å². The van der Waals surface area contributed by atoms with Gasteiger partial charge in [0.05, 0.1) is 25.1 Å². The maximum atomic E-state index is 15.9. The lowest BCUT2D eigenvalue weighted by Crippen LogP contribution is -2.32. The molecule has 2 aliphatic heterocycles. The van der Waals surface area contributed by atoms with Crippen LogP contribution >= 0.6 is 13.4 Å². The summed E-state index contributed by atoms with van der Waals surface area (Å²) in [5, 5.41) is 9.23. The van der Waals surface area contributed by atoms with E-state index in [1.54, 1.807) is 11.5 Å². The second-order valence-corrected chi connectivity index (χ2v) is 14.9. The first-order valence-corrected chi connectivity index (χ1v) is 17.4. The van der Waals surface area contributed by atoms with E-state index < -0.39 is 56.8 Å². The second kappa shape index (κ2) is 11.2. The summed E-state index contributed by atoms with van der Waals surface area (Å²) in [5.41, 5.74) is 0.487. The van der Waals surface area contributed by atoms with Gasteiger partial charge in [0.15, 0.2) is 29.2 Å². The van der Waals surface area contributed by atoms with Crippen molar-refractivity contribution in [1.29, 1.82) is 5.26 Å². The Labute approximate surface area is 245 Å². The topological polar surface area (TPSA) is 205 Å². The highest BCUT2D eigenvalue weighted by atomic mass is 32.5. The van der Waals surface area contributed by atoms with E-state index in [1.165, 1.54) is 23.2 Å². The molecule has 6 heterocycles. The number of imidazole rings is 2. The molecule has 1 fully saturated rings. The normalized spacial score (nSPS) is 30.9. The quantitative estimate of drug-likeness (QED) is 0.247. The number of pyridine rings is 1. The summed E-state index contributed by atoms with van der Waals surface area (Å²) < 4.78 is 46.7. The molecule has 222 valence electrons. The Morgan fingerprint density at radius 2 is 2.00 bits per heavy atom. The standard InChI is InChI=1S/C21H21FN8O8P2S2/c1-10-26-19-16(20(31)27-10)25-9-30(19)21-17-15(22)13(37-21)7-35-39(32,41)34-3-2-29-14(8-36-40(33,42)38-17)28-12-4-11(5-23)6-24-18(12)29/h4,6,9,13,15,17,21H,2-3,7-8H2,1H3,(H,32,41)(H,33,42)(H,26,27,31)/t13-,15-,17-,21-,39?,40?/m1/s1. The number of fused-ring (bicyclic) bond motifs is 6. The predicted octanol–water partition coefficient (Wildman–Crippen LogP) is 1.36. The van der Waals surface area contributed by atoms with E-state index in [1.807, 2.05) is 6.07 Å². The number of nitriles is 1. The van der Waals surface area contributed by atoms with Crippen LogP contribution in [0, 0.1) is 18.3 Å². The largest absolute Gasteiger partial charge is 0.346 e. The highest BCUT2D eigenvalue weighted by Gasteiger charge is 2.50. The van der Waals surface area contributed by atoms with Gasteiger partial charge in [-0.1, -0.05) is 0 Å². The van der Waals surface area contributed by atoms with Crippen molar-refractivity contribution < 1.29 is 37.0 Å². The Morgan fingerprint density at radius 3 is 2.79 bits per heavy atom. The maximum absolute atomic E-state index is 15.9. The summed E-state index contributed by atoms with van der Waals surface area (Å²) >= 11 is 10.3. The highest BCUT2D eigenvalue weighted by molar-refractivity contribution is 8.07. The smallest absolute Gasteiger partial charge is 0.325 e. The van der Waals surface area contributed by atoms with Crippen molar-refractivity contribution in [3.63, 3.8) is 0 Å². The van der Waals surface area contributed by atoms with Gasteiger partial charge in [0.2, 0.25) is 0 Å². The molecule has 0 aromatic carbocycles. The van der Waals surface area contributed by atoms with Crippen LogP contribution in [0.1, 0.15) is 23.4 Å². The number of nitrogens with zero attached hydrogens (tertiary/aromatic N) is 7. The Balaban J connectivity index is 1.38. The van der Waals surface area contributed by atoms with Gasteiger partial charge < -0.3 is 37.6 Å². The summed E-state index contributed by atoms with van der Waals surface area (Å²) in [5.74, 6) is 0.488. The van der Waals surface area contributed by atoms with Crippen LogP contribution in [0.4, 0.5) is 4.39 Å². The number of nitrogens with one attached hydrogen (secondary N) is 1. The van der Waals surface area contributed by atoms with E-state index in [0.29, 0.717) is 11.2 Å². The Hall–Kier alpha value is -2.59. The van der Waals surface area contributed by atoms with Crippen molar-refractivity contribution in [1.82, 2.24) is 34.1 Å². The third-order valence-electron chi connectivity index (χ3n) is 6.47. The fourth-order valence-electron chi connectivity index (χ4n) is 4.63. The van der Waals surface area contributed by atoms with Crippen molar-refractivity contribution in [2.45, 2.75) is 44.7 Å². The molecule has 6 rings (SSSR count).